The number of ether oxygens (including phenoxy) is 4. The van der Waals surface area contributed by atoms with Crippen molar-refractivity contribution in [1.29, 1.82) is 0 Å². The topological polar surface area (TPSA) is 178 Å². The van der Waals surface area contributed by atoms with Crippen molar-refractivity contribution in [3.8, 4) is 0 Å². The molecule has 4 N–H and O–H groups in total. The van der Waals surface area contributed by atoms with Crippen molar-refractivity contribution in [1.82, 2.24) is 0 Å². The lowest BCUT2D eigenvalue weighted by atomic mass is 9.99. The van der Waals surface area contributed by atoms with Crippen molar-refractivity contribution in [3.05, 3.63) is 60.8 Å². The van der Waals surface area contributed by atoms with E-state index in [-0.39, 0.29) is 13.2 Å². The van der Waals surface area contributed by atoms with Crippen LogP contribution in [0.3, 0.4) is 0 Å². The Labute approximate surface area is 274 Å². The fourth-order valence-corrected chi connectivity index (χ4v) is 4.91. The molecule has 0 radical (unpaired) electrons. The lowest BCUT2D eigenvalue weighted by molar-refractivity contribution is -0.301. The summed E-state index contributed by atoms with van der Waals surface area (Å²) in [6.45, 7) is 2.73. The Hall–Kier alpha value is -2.20. The number of aliphatic hydroxyl groups is 3. The molecule has 1 saturated heterocycles. The van der Waals surface area contributed by atoms with Crippen LogP contribution in [0.5, 0.6) is 0 Å². The smallest absolute Gasteiger partial charge is 0.397 e. The van der Waals surface area contributed by atoms with Crippen LogP contribution in [0.25, 0.3) is 0 Å². The van der Waals surface area contributed by atoms with Gasteiger partial charge in [-0.25, -0.2) is 4.18 Å². The third kappa shape index (κ3) is 20.8. The first-order valence-electron chi connectivity index (χ1n) is 16.0. The molecule has 46 heavy (non-hydrogen) atoms. The SMILES string of the molecule is CC/C=C\C/C=C\C/C=C\C/C=C\C/C=C\CCCCCCOCC(COC1OC(CO)C(O)C(OS(=O)(=O)O)C1O)OC(C)=O. The highest BCUT2D eigenvalue weighted by Gasteiger charge is 2.47. The van der Waals surface area contributed by atoms with Gasteiger partial charge in [0.15, 0.2) is 6.29 Å². The summed E-state index contributed by atoms with van der Waals surface area (Å²) in [7, 11) is -5.04. The molecular formula is C33H54O12S. The van der Waals surface area contributed by atoms with Crippen molar-refractivity contribution < 1.29 is 56.2 Å². The van der Waals surface area contributed by atoms with Crippen LogP contribution in [0.15, 0.2) is 60.8 Å². The lowest BCUT2D eigenvalue weighted by Gasteiger charge is -2.41. The Balaban J connectivity index is 2.22. The molecule has 0 aromatic rings. The minimum atomic E-state index is -5.04. The molecule has 264 valence electrons. The molecule has 0 saturated carbocycles. The van der Waals surface area contributed by atoms with Crippen LogP contribution in [-0.4, -0.2) is 97.5 Å². The molecule has 6 atom stereocenters. The maximum absolute atomic E-state index is 11.5. The molecule has 1 aliphatic rings. The predicted octanol–water partition coefficient (Wildman–Crippen LogP) is 4.28. The fraction of sp³-hybridized carbons (Fsp3) is 0.667. The summed E-state index contributed by atoms with van der Waals surface area (Å²) in [5.74, 6) is -0.589. The number of hydrogen-bond acceptors (Lipinski definition) is 11. The van der Waals surface area contributed by atoms with E-state index in [1.807, 2.05) is 0 Å². The zero-order valence-electron chi connectivity index (χ0n) is 27.1. The minimum Gasteiger partial charge on any atom is -0.458 e. The molecular weight excluding hydrogens is 620 g/mol. The van der Waals surface area contributed by atoms with Crippen LogP contribution in [0.4, 0.5) is 0 Å². The number of esters is 1. The molecule has 0 aromatic carbocycles. The predicted molar refractivity (Wildman–Crippen MR) is 174 cm³/mol. The zero-order chi connectivity index (χ0) is 34.0. The number of hydrogen-bond donors (Lipinski definition) is 4. The van der Waals surface area contributed by atoms with Gasteiger partial charge in [0.25, 0.3) is 0 Å². The molecule has 0 bridgehead atoms. The number of rotatable bonds is 25. The molecule has 0 amide bonds. The lowest BCUT2D eigenvalue weighted by Crippen LogP contribution is -2.60. The summed E-state index contributed by atoms with van der Waals surface area (Å²) in [4.78, 5) is 11.5. The Morgan fingerprint density at radius 1 is 0.826 bits per heavy atom. The van der Waals surface area contributed by atoms with Crippen LogP contribution in [0.1, 0.15) is 78.1 Å². The van der Waals surface area contributed by atoms with Crippen molar-refractivity contribution in [2.75, 3.05) is 26.4 Å². The molecule has 0 aliphatic carbocycles. The summed E-state index contributed by atoms with van der Waals surface area (Å²) in [5, 5.41) is 29.9. The number of carbonyl (C=O) groups is 1. The Morgan fingerprint density at radius 2 is 1.39 bits per heavy atom. The molecule has 6 unspecified atom stereocenters. The van der Waals surface area contributed by atoms with E-state index >= 15 is 0 Å². The fourth-order valence-electron chi connectivity index (χ4n) is 4.40. The average Bonchev–Trinajstić information content (AvgIpc) is 3.00. The number of carbonyl (C=O) groups excluding carboxylic acids is 1. The van der Waals surface area contributed by atoms with Gasteiger partial charge in [0.1, 0.15) is 30.5 Å². The Morgan fingerprint density at radius 3 is 1.93 bits per heavy atom. The van der Waals surface area contributed by atoms with E-state index in [0.29, 0.717) is 6.61 Å². The molecule has 12 nitrogen and oxygen atoms in total. The van der Waals surface area contributed by atoms with Gasteiger partial charge in [0.05, 0.1) is 19.8 Å². The first-order chi connectivity index (χ1) is 22.1. The number of allylic oxidation sites excluding steroid dienone is 10. The summed E-state index contributed by atoms with van der Waals surface area (Å²) >= 11 is 0. The van der Waals surface area contributed by atoms with Gasteiger partial charge in [0, 0.05) is 13.5 Å². The second kappa shape index (κ2) is 25.8. The van der Waals surface area contributed by atoms with E-state index in [4.69, 9.17) is 23.5 Å². The third-order valence-electron chi connectivity index (χ3n) is 6.70. The maximum Gasteiger partial charge on any atom is 0.397 e. The molecule has 1 heterocycles. The number of unbranched alkanes of at least 4 members (excludes halogenated alkanes) is 4. The van der Waals surface area contributed by atoms with Crippen LogP contribution >= 0.6 is 0 Å². The van der Waals surface area contributed by atoms with Crippen LogP contribution < -0.4 is 0 Å². The summed E-state index contributed by atoms with van der Waals surface area (Å²) in [6.07, 6.45) is 22.4. The molecule has 1 rings (SSSR count). The first kappa shape index (κ1) is 41.8. The van der Waals surface area contributed by atoms with Gasteiger partial charge < -0.3 is 34.3 Å². The Bertz CT molecular complexity index is 1050. The summed E-state index contributed by atoms with van der Waals surface area (Å²) in [6, 6.07) is 0. The largest absolute Gasteiger partial charge is 0.458 e. The van der Waals surface area contributed by atoms with Crippen molar-refractivity contribution in [2.24, 2.45) is 0 Å². The van der Waals surface area contributed by atoms with Gasteiger partial charge in [-0.1, -0.05) is 80.5 Å². The van der Waals surface area contributed by atoms with Crippen LogP contribution in [0.2, 0.25) is 0 Å². The maximum atomic E-state index is 11.5. The van der Waals surface area contributed by atoms with E-state index in [2.05, 4.69) is 71.9 Å². The highest BCUT2D eigenvalue weighted by atomic mass is 32.3. The molecule has 0 spiro atoms. The van der Waals surface area contributed by atoms with Gasteiger partial charge in [-0.05, 0) is 51.4 Å². The second-order valence-corrected chi connectivity index (χ2v) is 11.8. The van der Waals surface area contributed by atoms with E-state index in [1.165, 1.54) is 6.92 Å². The second-order valence-electron chi connectivity index (χ2n) is 10.7. The Kier molecular flexibility index (Phi) is 23.5. The standard InChI is InChI=1S/C33H54O12S/c1-3-4-5-6-7-8-9-10-11-12-13-14-15-16-17-18-19-20-21-22-23-41-25-28(43-27(2)35)26-42-33-31(37)32(45-46(38,39)40)30(36)29(24-34)44-33/h4-5,7-8,10-11,13-14,16-17,28-34,36-37H,3,6,9,12,15,18-26H2,1-2H3,(H,38,39,40)/b5-4-,8-7-,11-10-,14-13-,17-16-. The van der Waals surface area contributed by atoms with Gasteiger partial charge >= 0.3 is 16.4 Å². The quantitative estimate of drug-likeness (QED) is 0.0468. The highest BCUT2D eigenvalue weighted by molar-refractivity contribution is 7.80. The van der Waals surface area contributed by atoms with E-state index in [1.54, 1.807) is 0 Å². The minimum absolute atomic E-state index is 0.000563. The molecule has 13 heteroatoms. The average molecular weight is 675 g/mol. The summed E-state index contributed by atoms with van der Waals surface area (Å²) in [5.41, 5.74) is 0. The molecule has 0 aromatic heterocycles. The van der Waals surface area contributed by atoms with E-state index < -0.39 is 59.8 Å². The highest BCUT2D eigenvalue weighted by Crippen LogP contribution is 2.25. The first-order valence-corrected chi connectivity index (χ1v) is 17.3. The van der Waals surface area contributed by atoms with Crippen LogP contribution in [-0.2, 0) is 38.3 Å². The van der Waals surface area contributed by atoms with Gasteiger partial charge in [0.2, 0.25) is 0 Å². The third-order valence-corrected chi connectivity index (χ3v) is 7.17. The van der Waals surface area contributed by atoms with Crippen molar-refractivity contribution in [2.45, 2.75) is 115 Å². The van der Waals surface area contributed by atoms with Crippen LogP contribution in [0, 0.1) is 0 Å². The number of aliphatic hydroxyl groups excluding tert-OH is 3. The van der Waals surface area contributed by atoms with Gasteiger partial charge in [-0.2, -0.15) is 8.42 Å². The van der Waals surface area contributed by atoms with Crippen molar-refractivity contribution in [3.63, 3.8) is 0 Å². The summed E-state index contributed by atoms with van der Waals surface area (Å²) < 4.78 is 57.2. The molecule has 1 aliphatic heterocycles. The van der Waals surface area contributed by atoms with E-state index in [9.17, 15) is 28.5 Å². The monoisotopic (exact) mass is 674 g/mol. The molecule has 1 fully saturated rings. The normalized spacial score (nSPS) is 23.5. The van der Waals surface area contributed by atoms with Gasteiger partial charge in [-0.15, -0.1) is 0 Å². The van der Waals surface area contributed by atoms with Crippen molar-refractivity contribution >= 4 is 16.4 Å². The van der Waals surface area contributed by atoms with Gasteiger partial charge in [-0.3, -0.25) is 9.35 Å². The van der Waals surface area contributed by atoms with E-state index in [0.717, 1.165) is 64.2 Å². The zero-order valence-corrected chi connectivity index (χ0v) is 27.9.